The fourth-order valence-electron chi connectivity index (χ4n) is 4.27. The molecule has 38 heavy (non-hydrogen) atoms. The number of ether oxygens (including phenoxy) is 2. The number of carbonyl (C=O) groups excluding carboxylic acids is 2. The predicted octanol–water partition coefficient (Wildman–Crippen LogP) is 4.14. The van der Waals surface area contributed by atoms with Gasteiger partial charge in [-0.3, -0.25) is 9.36 Å². The van der Waals surface area contributed by atoms with Gasteiger partial charge in [0, 0.05) is 4.88 Å². The molecule has 1 atom stereocenters. The summed E-state index contributed by atoms with van der Waals surface area (Å²) in [5, 5.41) is 1.98. The average Bonchev–Trinajstić information content (AvgIpc) is 3.48. The Morgan fingerprint density at radius 3 is 2.42 bits per heavy atom. The van der Waals surface area contributed by atoms with Crippen molar-refractivity contribution in [3.8, 4) is 0 Å². The molecule has 0 amide bonds. The smallest absolute Gasteiger partial charge is 0.338 e. The van der Waals surface area contributed by atoms with Crippen molar-refractivity contribution in [3.05, 3.63) is 124 Å². The summed E-state index contributed by atoms with van der Waals surface area (Å²) in [5.41, 5.74) is 3.46. The van der Waals surface area contributed by atoms with Gasteiger partial charge in [-0.2, -0.15) is 0 Å². The Bertz CT molecular complexity index is 1730. The van der Waals surface area contributed by atoms with Crippen LogP contribution in [0.5, 0.6) is 0 Å². The number of nitrogens with zero attached hydrogens (tertiary/aromatic N) is 2. The lowest BCUT2D eigenvalue weighted by molar-refractivity contribution is -0.140. The number of thiazole rings is 1. The van der Waals surface area contributed by atoms with E-state index in [0.29, 0.717) is 26.2 Å². The molecule has 0 fully saturated rings. The van der Waals surface area contributed by atoms with Gasteiger partial charge in [-0.25, -0.2) is 14.6 Å². The first-order valence-electron chi connectivity index (χ1n) is 11.8. The molecule has 0 bridgehead atoms. The van der Waals surface area contributed by atoms with Gasteiger partial charge in [0.25, 0.3) is 5.56 Å². The third-order valence-corrected chi connectivity index (χ3v) is 8.21. The first-order chi connectivity index (χ1) is 18.4. The van der Waals surface area contributed by atoms with E-state index in [-0.39, 0.29) is 17.7 Å². The molecule has 2 aromatic heterocycles. The number of fused-ring (bicyclic) bond motifs is 1. The van der Waals surface area contributed by atoms with Crippen LogP contribution in [0.2, 0.25) is 0 Å². The van der Waals surface area contributed by atoms with Gasteiger partial charge in [0.1, 0.15) is 6.61 Å². The second kappa shape index (κ2) is 10.7. The van der Waals surface area contributed by atoms with E-state index in [1.54, 1.807) is 47.1 Å². The monoisotopic (exact) mass is 544 g/mol. The van der Waals surface area contributed by atoms with Crippen molar-refractivity contribution < 1.29 is 19.1 Å². The van der Waals surface area contributed by atoms with Crippen LogP contribution in [0, 0.1) is 6.92 Å². The largest absolute Gasteiger partial charge is 0.465 e. The second-order valence-electron chi connectivity index (χ2n) is 8.72. The first kappa shape index (κ1) is 25.6. The Morgan fingerprint density at radius 1 is 1.03 bits per heavy atom. The van der Waals surface area contributed by atoms with E-state index in [2.05, 4.69) is 4.99 Å². The maximum Gasteiger partial charge on any atom is 0.338 e. The quantitative estimate of drug-likeness (QED) is 0.341. The highest BCUT2D eigenvalue weighted by atomic mass is 32.1. The lowest BCUT2D eigenvalue weighted by atomic mass is 9.95. The molecular weight excluding hydrogens is 520 g/mol. The Kier molecular flexibility index (Phi) is 7.22. The topological polar surface area (TPSA) is 87.0 Å². The molecule has 1 unspecified atom stereocenters. The van der Waals surface area contributed by atoms with Gasteiger partial charge in [-0.05, 0) is 60.2 Å². The summed E-state index contributed by atoms with van der Waals surface area (Å²) in [4.78, 5) is 45.4. The highest BCUT2D eigenvalue weighted by molar-refractivity contribution is 7.11. The highest BCUT2D eigenvalue weighted by Gasteiger charge is 2.33. The van der Waals surface area contributed by atoms with E-state index in [0.717, 1.165) is 16.0 Å². The summed E-state index contributed by atoms with van der Waals surface area (Å²) >= 11 is 2.84. The molecule has 2 aromatic carbocycles. The normalized spacial score (nSPS) is 15.1. The van der Waals surface area contributed by atoms with E-state index in [9.17, 15) is 14.4 Å². The second-order valence-corrected chi connectivity index (χ2v) is 10.7. The SMILES string of the molecule is COC(=O)c1ccc(C2C(C(=O)OCc3ccccc3)=C(C)N=c3sc(=Cc4sccc4C)c(=O)n32)cc1. The van der Waals surface area contributed by atoms with Crippen LogP contribution in [0.4, 0.5) is 0 Å². The molecule has 1 aliphatic rings. The number of aryl methyl sites for hydroxylation is 1. The summed E-state index contributed by atoms with van der Waals surface area (Å²) in [6.45, 7) is 3.83. The Labute approximate surface area is 226 Å². The molecule has 192 valence electrons. The first-order valence-corrected chi connectivity index (χ1v) is 13.5. The molecule has 1 aliphatic heterocycles. The molecule has 3 heterocycles. The lowest BCUT2D eigenvalue weighted by Gasteiger charge is -2.25. The zero-order valence-electron chi connectivity index (χ0n) is 21.0. The van der Waals surface area contributed by atoms with E-state index in [1.165, 1.54) is 18.4 Å². The van der Waals surface area contributed by atoms with Crippen LogP contribution in [0.1, 0.15) is 44.9 Å². The van der Waals surface area contributed by atoms with Crippen molar-refractivity contribution in [1.82, 2.24) is 4.57 Å². The van der Waals surface area contributed by atoms with Crippen molar-refractivity contribution >= 4 is 40.7 Å². The lowest BCUT2D eigenvalue weighted by Crippen LogP contribution is -2.39. The number of esters is 2. The van der Waals surface area contributed by atoms with E-state index in [1.807, 2.05) is 54.8 Å². The number of allylic oxidation sites excluding steroid dienone is 1. The van der Waals surface area contributed by atoms with Crippen LogP contribution in [0.25, 0.3) is 6.08 Å². The minimum absolute atomic E-state index is 0.0898. The summed E-state index contributed by atoms with van der Waals surface area (Å²) in [6, 6.07) is 17.3. The van der Waals surface area contributed by atoms with Gasteiger partial charge in [0.05, 0.1) is 34.5 Å². The Balaban J connectivity index is 1.62. The molecule has 0 N–H and O–H groups in total. The van der Waals surface area contributed by atoms with Crippen molar-refractivity contribution in [3.63, 3.8) is 0 Å². The number of hydrogen-bond donors (Lipinski definition) is 0. The third kappa shape index (κ3) is 4.90. The van der Waals surface area contributed by atoms with Crippen LogP contribution >= 0.6 is 22.7 Å². The predicted molar refractivity (Wildman–Crippen MR) is 147 cm³/mol. The molecule has 0 aliphatic carbocycles. The third-order valence-electron chi connectivity index (χ3n) is 6.27. The van der Waals surface area contributed by atoms with Crippen LogP contribution in [0.15, 0.2) is 87.1 Å². The maximum absolute atomic E-state index is 13.7. The summed E-state index contributed by atoms with van der Waals surface area (Å²) in [7, 11) is 1.32. The highest BCUT2D eigenvalue weighted by Crippen LogP contribution is 2.31. The van der Waals surface area contributed by atoms with E-state index in [4.69, 9.17) is 9.47 Å². The molecule has 0 spiro atoms. The summed E-state index contributed by atoms with van der Waals surface area (Å²) in [6.07, 6.45) is 1.87. The number of aromatic nitrogens is 1. The molecular formula is C29H24N2O5S2. The standard InChI is InChI=1S/C29H24N2O5S2/c1-17-13-14-37-22(17)15-23-26(32)31-25(20-9-11-21(12-10-20)27(33)35-3)24(18(2)30-29(31)38-23)28(34)36-16-19-7-5-4-6-8-19/h4-15,25H,16H2,1-3H3. The number of rotatable bonds is 6. The fraction of sp³-hybridized carbons (Fsp3) is 0.172. The Morgan fingerprint density at radius 2 is 1.76 bits per heavy atom. The maximum atomic E-state index is 13.7. The number of methoxy groups -OCH3 is 1. The summed E-state index contributed by atoms with van der Waals surface area (Å²) < 4.78 is 12.6. The van der Waals surface area contributed by atoms with Crippen molar-refractivity contribution in [2.45, 2.75) is 26.5 Å². The van der Waals surface area contributed by atoms with Gasteiger partial charge in [0.15, 0.2) is 4.80 Å². The van der Waals surface area contributed by atoms with Gasteiger partial charge in [-0.1, -0.05) is 53.8 Å². The number of hydrogen-bond acceptors (Lipinski definition) is 8. The molecule has 0 radical (unpaired) electrons. The van der Waals surface area contributed by atoms with Crippen LogP contribution in [-0.2, 0) is 20.9 Å². The molecule has 0 saturated carbocycles. The van der Waals surface area contributed by atoms with Crippen molar-refractivity contribution in [2.24, 2.45) is 4.99 Å². The minimum atomic E-state index is -0.771. The van der Waals surface area contributed by atoms with Crippen molar-refractivity contribution in [1.29, 1.82) is 0 Å². The van der Waals surface area contributed by atoms with Gasteiger partial charge < -0.3 is 9.47 Å². The summed E-state index contributed by atoms with van der Waals surface area (Å²) in [5.74, 6) is -1.03. The minimum Gasteiger partial charge on any atom is -0.465 e. The molecule has 9 heteroatoms. The van der Waals surface area contributed by atoms with Crippen LogP contribution in [-0.4, -0.2) is 23.6 Å². The molecule has 4 aromatic rings. The zero-order valence-corrected chi connectivity index (χ0v) is 22.6. The zero-order chi connectivity index (χ0) is 26.8. The van der Waals surface area contributed by atoms with Gasteiger partial charge in [0.2, 0.25) is 0 Å². The molecule has 5 rings (SSSR count). The number of thiophene rings is 1. The van der Waals surface area contributed by atoms with Crippen LogP contribution in [0.3, 0.4) is 0 Å². The molecule has 0 saturated heterocycles. The fourth-order valence-corrected chi connectivity index (χ4v) is 6.23. The Hall–Kier alpha value is -4.08. The van der Waals surface area contributed by atoms with E-state index < -0.39 is 18.0 Å². The molecule has 7 nitrogen and oxygen atoms in total. The van der Waals surface area contributed by atoms with Gasteiger partial charge in [-0.15, -0.1) is 11.3 Å². The van der Waals surface area contributed by atoms with Crippen LogP contribution < -0.4 is 14.9 Å². The van der Waals surface area contributed by atoms with Crippen molar-refractivity contribution in [2.75, 3.05) is 7.11 Å². The average molecular weight is 545 g/mol. The van der Waals surface area contributed by atoms with E-state index >= 15 is 0 Å². The number of carbonyl (C=O) groups is 2. The van der Waals surface area contributed by atoms with Gasteiger partial charge >= 0.3 is 11.9 Å². The number of benzene rings is 2.